The summed E-state index contributed by atoms with van der Waals surface area (Å²) >= 11 is 5.31. The molecule has 1 unspecified atom stereocenters. The maximum atomic E-state index is 13.0. The van der Waals surface area contributed by atoms with Crippen molar-refractivity contribution in [3.8, 4) is 5.75 Å². The topological polar surface area (TPSA) is 78.0 Å². The number of benzene rings is 2. The summed E-state index contributed by atoms with van der Waals surface area (Å²) in [5, 5.41) is 10.8. The molecule has 0 radical (unpaired) electrons. The molecule has 0 saturated heterocycles. The van der Waals surface area contributed by atoms with Crippen LogP contribution in [0.5, 0.6) is 5.75 Å². The van der Waals surface area contributed by atoms with E-state index in [2.05, 4.69) is 21.2 Å². The molecule has 0 bridgehead atoms. The number of rotatable bonds is 7. The van der Waals surface area contributed by atoms with Crippen molar-refractivity contribution < 1.29 is 9.53 Å². The van der Waals surface area contributed by atoms with Crippen molar-refractivity contribution >= 4 is 35.1 Å². The van der Waals surface area contributed by atoms with Crippen molar-refractivity contribution in [1.82, 2.24) is 16.1 Å². The molecule has 0 aliphatic carbocycles. The Kier molecular flexibility index (Phi) is 7.25. The molecule has 0 aromatic heterocycles. The van der Waals surface area contributed by atoms with E-state index in [0.717, 1.165) is 22.6 Å². The van der Waals surface area contributed by atoms with Crippen LogP contribution in [0, 0.1) is 0 Å². The molecule has 1 heterocycles. The number of carbonyl (C=O) groups excluding carboxylic acids is 1. The second-order valence-electron chi connectivity index (χ2n) is 7.26. The van der Waals surface area contributed by atoms with Crippen LogP contribution in [0.2, 0.25) is 0 Å². The summed E-state index contributed by atoms with van der Waals surface area (Å²) in [6, 6.07) is 15.1. The lowest BCUT2D eigenvalue weighted by Gasteiger charge is -2.30. The minimum absolute atomic E-state index is 0.302. The van der Waals surface area contributed by atoms with Crippen molar-refractivity contribution in [3.63, 3.8) is 0 Å². The van der Waals surface area contributed by atoms with Gasteiger partial charge in [-0.05, 0) is 73.6 Å². The van der Waals surface area contributed by atoms with Crippen molar-refractivity contribution in [2.75, 3.05) is 25.6 Å². The Morgan fingerprint density at radius 3 is 2.48 bits per heavy atom. The number of ether oxygens (including phenoxy) is 1. The first kappa shape index (κ1) is 22.3. The second kappa shape index (κ2) is 10.1. The third-order valence-electron chi connectivity index (χ3n) is 4.83. The molecule has 3 rings (SSSR count). The molecular formula is C23H27N5O2S. The highest BCUT2D eigenvalue weighted by atomic mass is 32.1. The first-order valence-electron chi connectivity index (χ1n) is 10.0. The first-order valence-corrected chi connectivity index (χ1v) is 10.4. The van der Waals surface area contributed by atoms with Gasteiger partial charge in [-0.2, -0.15) is 5.10 Å². The summed E-state index contributed by atoms with van der Waals surface area (Å²) in [7, 11) is 3.97. The number of amides is 1. The molecule has 2 aromatic carbocycles. The van der Waals surface area contributed by atoms with Crippen LogP contribution in [0.4, 0.5) is 5.69 Å². The molecule has 1 atom stereocenters. The van der Waals surface area contributed by atoms with Gasteiger partial charge in [0, 0.05) is 25.5 Å². The lowest BCUT2D eigenvalue weighted by atomic mass is 9.95. The molecule has 7 nitrogen and oxygen atoms in total. The molecule has 31 heavy (non-hydrogen) atoms. The van der Waals surface area contributed by atoms with Crippen LogP contribution in [0.3, 0.4) is 0 Å². The van der Waals surface area contributed by atoms with E-state index in [-0.39, 0.29) is 11.9 Å². The standard InChI is InChI=1S/C23H27N5O2S/c1-5-30-19-12-6-16(7-13-19)14-24-27-22(29)20-15(2)25-23(31)26-21(20)17-8-10-18(11-9-17)28(3)4/h6-14,21H,5H2,1-4H3,(H,27,29)(H2,25,26,31)/b24-14+. The molecule has 0 fully saturated rings. The first-order chi connectivity index (χ1) is 14.9. The maximum absolute atomic E-state index is 13.0. The Morgan fingerprint density at radius 2 is 1.87 bits per heavy atom. The Labute approximate surface area is 188 Å². The van der Waals surface area contributed by atoms with Crippen LogP contribution in [-0.4, -0.2) is 37.9 Å². The van der Waals surface area contributed by atoms with E-state index >= 15 is 0 Å². The summed E-state index contributed by atoms with van der Waals surface area (Å²) in [5.41, 5.74) is 6.72. The van der Waals surface area contributed by atoms with Gasteiger partial charge >= 0.3 is 0 Å². The molecule has 1 amide bonds. The zero-order valence-electron chi connectivity index (χ0n) is 18.1. The van der Waals surface area contributed by atoms with Crippen LogP contribution >= 0.6 is 12.2 Å². The van der Waals surface area contributed by atoms with Gasteiger partial charge in [-0.15, -0.1) is 0 Å². The quantitative estimate of drug-likeness (QED) is 0.351. The average Bonchev–Trinajstić information content (AvgIpc) is 2.74. The molecular weight excluding hydrogens is 410 g/mol. The molecule has 2 aromatic rings. The molecule has 1 aliphatic rings. The Balaban J connectivity index is 1.76. The predicted octanol–water partition coefficient (Wildman–Crippen LogP) is 3.09. The molecule has 0 spiro atoms. The summed E-state index contributed by atoms with van der Waals surface area (Å²) in [6.45, 7) is 4.38. The fourth-order valence-corrected chi connectivity index (χ4v) is 3.52. The highest BCUT2D eigenvalue weighted by Gasteiger charge is 2.29. The summed E-state index contributed by atoms with van der Waals surface area (Å²) in [6.07, 6.45) is 1.60. The smallest absolute Gasteiger partial charge is 0.271 e. The number of allylic oxidation sites excluding steroid dienone is 1. The third-order valence-corrected chi connectivity index (χ3v) is 5.05. The van der Waals surface area contributed by atoms with Crippen molar-refractivity contribution in [2.45, 2.75) is 19.9 Å². The van der Waals surface area contributed by atoms with Crippen LogP contribution in [0.15, 0.2) is 64.9 Å². The van der Waals surface area contributed by atoms with Gasteiger partial charge in [-0.25, -0.2) is 5.43 Å². The summed E-state index contributed by atoms with van der Waals surface area (Å²) in [5.74, 6) is 0.492. The molecule has 1 aliphatic heterocycles. The van der Waals surface area contributed by atoms with Gasteiger partial charge in [0.15, 0.2) is 5.11 Å². The number of nitrogens with zero attached hydrogens (tertiary/aromatic N) is 2. The monoisotopic (exact) mass is 437 g/mol. The van der Waals surface area contributed by atoms with E-state index in [1.807, 2.05) is 81.4 Å². The van der Waals surface area contributed by atoms with Crippen LogP contribution in [-0.2, 0) is 4.79 Å². The number of anilines is 1. The lowest BCUT2D eigenvalue weighted by Crippen LogP contribution is -2.46. The van der Waals surface area contributed by atoms with Crippen LogP contribution < -0.4 is 25.7 Å². The van der Waals surface area contributed by atoms with Gasteiger partial charge in [-0.3, -0.25) is 4.79 Å². The van der Waals surface area contributed by atoms with Crippen LogP contribution in [0.1, 0.15) is 31.0 Å². The molecule has 0 saturated carbocycles. The number of hydrogen-bond acceptors (Lipinski definition) is 5. The minimum atomic E-state index is -0.370. The predicted molar refractivity (Wildman–Crippen MR) is 128 cm³/mol. The van der Waals surface area contributed by atoms with Gasteiger partial charge in [0.1, 0.15) is 5.75 Å². The molecule has 3 N–H and O–H groups in total. The molecule has 8 heteroatoms. The second-order valence-corrected chi connectivity index (χ2v) is 7.67. The highest BCUT2D eigenvalue weighted by molar-refractivity contribution is 7.80. The van der Waals surface area contributed by atoms with Crippen molar-refractivity contribution in [1.29, 1.82) is 0 Å². The van der Waals surface area contributed by atoms with E-state index in [0.29, 0.717) is 23.0 Å². The van der Waals surface area contributed by atoms with Gasteiger partial charge in [0.2, 0.25) is 0 Å². The number of thiocarbonyl (C=S) groups is 1. The fourth-order valence-electron chi connectivity index (χ4n) is 3.25. The maximum Gasteiger partial charge on any atom is 0.271 e. The fraction of sp³-hybridized carbons (Fsp3) is 0.261. The van der Waals surface area contributed by atoms with E-state index < -0.39 is 0 Å². The number of hydrazone groups is 1. The minimum Gasteiger partial charge on any atom is -0.494 e. The number of carbonyl (C=O) groups is 1. The Morgan fingerprint density at radius 1 is 1.19 bits per heavy atom. The van der Waals surface area contributed by atoms with E-state index in [9.17, 15) is 4.79 Å². The number of hydrogen-bond donors (Lipinski definition) is 3. The zero-order valence-corrected chi connectivity index (χ0v) is 18.9. The Bertz CT molecular complexity index is 998. The van der Waals surface area contributed by atoms with Gasteiger partial charge in [-0.1, -0.05) is 12.1 Å². The molecule has 162 valence electrons. The van der Waals surface area contributed by atoms with Crippen LogP contribution in [0.25, 0.3) is 0 Å². The van der Waals surface area contributed by atoms with E-state index in [1.54, 1.807) is 6.21 Å². The summed E-state index contributed by atoms with van der Waals surface area (Å²) < 4.78 is 5.43. The number of nitrogens with one attached hydrogen (secondary N) is 3. The van der Waals surface area contributed by atoms with Gasteiger partial charge < -0.3 is 20.3 Å². The Hall–Kier alpha value is -3.39. The highest BCUT2D eigenvalue weighted by Crippen LogP contribution is 2.28. The van der Waals surface area contributed by atoms with Gasteiger partial charge in [0.25, 0.3) is 5.91 Å². The third kappa shape index (κ3) is 5.61. The normalized spacial score (nSPS) is 16.0. The largest absolute Gasteiger partial charge is 0.494 e. The zero-order chi connectivity index (χ0) is 22.4. The van der Waals surface area contributed by atoms with Crippen molar-refractivity contribution in [3.05, 3.63) is 70.9 Å². The van der Waals surface area contributed by atoms with E-state index in [1.165, 1.54) is 0 Å². The SMILES string of the molecule is CCOc1ccc(/C=N/NC(=O)C2=C(C)NC(=S)NC2c2ccc(N(C)C)cc2)cc1. The van der Waals surface area contributed by atoms with Crippen molar-refractivity contribution in [2.24, 2.45) is 5.10 Å². The summed E-state index contributed by atoms with van der Waals surface area (Å²) in [4.78, 5) is 15.0. The van der Waals surface area contributed by atoms with E-state index in [4.69, 9.17) is 17.0 Å². The van der Waals surface area contributed by atoms with Gasteiger partial charge in [0.05, 0.1) is 24.4 Å². The lowest BCUT2D eigenvalue weighted by molar-refractivity contribution is -0.117. The average molecular weight is 438 g/mol.